The van der Waals surface area contributed by atoms with Gasteiger partial charge in [-0.1, -0.05) is 12.1 Å². The molecule has 0 saturated carbocycles. The maximum atomic E-state index is 12.3. The van der Waals surface area contributed by atoms with Crippen molar-refractivity contribution < 1.29 is 19.1 Å². The smallest absolute Gasteiger partial charge is 0.274 e. The van der Waals surface area contributed by atoms with E-state index in [1.807, 2.05) is 0 Å². The third-order valence-corrected chi connectivity index (χ3v) is 2.90. The van der Waals surface area contributed by atoms with Crippen LogP contribution in [0.15, 0.2) is 36.4 Å². The number of rotatable bonds is 5. The standard InChI is InChI=1S/C15H15N3O4/c1-21-11-7-4-8-12(22-2)13(11)18-15(20)10-6-3-5-9(17-10)14(16)19/h3-8H,1-2H3,(H2,16,19)(H,18,20). The van der Waals surface area contributed by atoms with Gasteiger partial charge in [-0.15, -0.1) is 0 Å². The molecule has 0 saturated heterocycles. The van der Waals surface area contributed by atoms with E-state index < -0.39 is 11.8 Å². The van der Waals surface area contributed by atoms with Gasteiger partial charge in [-0.25, -0.2) is 4.98 Å². The van der Waals surface area contributed by atoms with Crippen molar-refractivity contribution in [1.29, 1.82) is 0 Å². The number of carbonyl (C=O) groups is 2. The first-order chi connectivity index (χ1) is 10.6. The number of nitrogens with zero attached hydrogens (tertiary/aromatic N) is 1. The number of primary amides is 1. The molecule has 0 bridgehead atoms. The van der Waals surface area contributed by atoms with E-state index in [0.29, 0.717) is 17.2 Å². The fourth-order valence-corrected chi connectivity index (χ4v) is 1.85. The molecule has 0 fully saturated rings. The lowest BCUT2D eigenvalue weighted by atomic mass is 10.2. The average molecular weight is 301 g/mol. The van der Waals surface area contributed by atoms with Gasteiger partial charge in [0.15, 0.2) is 0 Å². The van der Waals surface area contributed by atoms with Crippen LogP contribution in [0.5, 0.6) is 11.5 Å². The van der Waals surface area contributed by atoms with Gasteiger partial charge in [0, 0.05) is 0 Å². The van der Waals surface area contributed by atoms with Crippen molar-refractivity contribution in [2.45, 2.75) is 0 Å². The predicted molar refractivity (Wildman–Crippen MR) is 80.3 cm³/mol. The molecule has 0 aliphatic rings. The van der Waals surface area contributed by atoms with Crippen molar-refractivity contribution in [3.05, 3.63) is 47.8 Å². The fourth-order valence-electron chi connectivity index (χ4n) is 1.85. The third-order valence-electron chi connectivity index (χ3n) is 2.90. The number of carbonyl (C=O) groups excluding carboxylic acids is 2. The number of nitrogens with one attached hydrogen (secondary N) is 1. The van der Waals surface area contributed by atoms with Crippen LogP contribution in [0.4, 0.5) is 5.69 Å². The zero-order valence-electron chi connectivity index (χ0n) is 12.1. The van der Waals surface area contributed by atoms with Crippen molar-refractivity contribution in [1.82, 2.24) is 4.98 Å². The zero-order chi connectivity index (χ0) is 16.1. The molecule has 1 aromatic heterocycles. The molecule has 0 radical (unpaired) electrons. The Morgan fingerprint density at radius 2 is 1.55 bits per heavy atom. The van der Waals surface area contributed by atoms with Crippen LogP contribution in [-0.2, 0) is 0 Å². The topological polar surface area (TPSA) is 104 Å². The second-order valence-corrected chi connectivity index (χ2v) is 4.26. The van der Waals surface area contributed by atoms with Crippen LogP contribution in [0, 0.1) is 0 Å². The van der Waals surface area contributed by atoms with Gasteiger partial charge in [0.1, 0.15) is 28.6 Å². The molecule has 7 nitrogen and oxygen atoms in total. The SMILES string of the molecule is COc1cccc(OC)c1NC(=O)c1cccc(C(N)=O)n1. The van der Waals surface area contributed by atoms with Crippen LogP contribution in [0.2, 0.25) is 0 Å². The summed E-state index contributed by atoms with van der Waals surface area (Å²) in [5.74, 6) is -0.326. The molecule has 1 heterocycles. The fraction of sp³-hybridized carbons (Fsp3) is 0.133. The lowest BCUT2D eigenvalue weighted by molar-refractivity contribution is 0.0995. The van der Waals surface area contributed by atoms with Gasteiger partial charge in [0.25, 0.3) is 11.8 Å². The number of nitrogens with two attached hydrogens (primary N) is 1. The molecular weight excluding hydrogens is 286 g/mol. The summed E-state index contributed by atoms with van der Waals surface area (Å²) in [5, 5.41) is 2.66. The van der Waals surface area contributed by atoms with Crippen LogP contribution in [-0.4, -0.2) is 31.0 Å². The molecule has 22 heavy (non-hydrogen) atoms. The monoisotopic (exact) mass is 301 g/mol. The molecule has 7 heteroatoms. The van der Waals surface area contributed by atoms with Gasteiger partial charge in [0.05, 0.1) is 14.2 Å². The highest BCUT2D eigenvalue weighted by Crippen LogP contribution is 2.34. The first-order valence-electron chi connectivity index (χ1n) is 6.36. The van der Waals surface area contributed by atoms with E-state index in [0.717, 1.165) is 0 Å². The van der Waals surface area contributed by atoms with Crippen molar-refractivity contribution in [2.24, 2.45) is 5.73 Å². The van der Waals surface area contributed by atoms with Crippen LogP contribution >= 0.6 is 0 Å². The van der Waals surface area contributed by atoms with E-state index in [4.69, 9.17) is 15.2 Å². The molecule has 114 valence electrons. The molecule has 1 aromatic carbocycles. The maximum absolute atomic E-state index is 12.3. The van der Waals surface area contributed by atoms with Crippen molar-refractivity contribution in [3.8, 4) is 11.5 Å². The number of hydrogen-bond donors (Lipinski definition) is 2. The molecule has 0 aliphatic carbocycles. The number of aromatic nitrogens is 1. The summed E-state index contributed by atoms with van der Waals surface area (Å²) in [5.41, 5.74) is 5.61. The Morgan fingerprint density at radius 1 is 1.00 bits per heavy atom. The van der Waals surface area contributed by atoms with Gasteiger partial charge in [-0.05, 0) is 24.3 Å². The average Bonchev–Trinajstić information content (AvgIpc) is 2.55. The number of amides is 2. The van der Waals surface area contributed by atoms with E-state index in [9.17, 15) is 9.59 Å². The Hall–Kier alpha value is -3.09. The summed E-state index contributed by atoms with van der Waals surface area (Å²) < 4.78 is 10.4. The number of ether oxygens (including phenoxy) is 2. The normalized spacial score (nSPS) is 9.91. The van der Waals surface area contributed by atoms with Crippen LogP contribution in [0.25, 0.3) is 0 Å². The highest BCUT2D eigenvalue weighted by atomic mass is 16.5. The Kier molecular flexibility index (Phi) is 4.57. The molecule has 3 N–H and O–H groups in total. The molecule has 2 amide bonds. The molecular formula is C15H15N3O4. The summed E-state index contributed by atoms with van der Waals surface area (Å²) in [7, 11) is 2.97. The zero-order valence-corrected chi connectivity index (χ0v) is 12.1. The summed E-state index contributed by atoms with van der Waals surface area (Å²) in [6, 6.07) is 9.55. The highest BCUT2D eigenvalue weighted by Gasteiger charge is 2.16. The Balaban J connectivity index is 2.33. The summed E-state index contributed by atoms with van der Waals surface area (Å²) in [4.78, 5) is 27.3. The van der Waals surface area contributed by atoms with Crippen molar-refractivity contribution in [2.75, 3.05) is 19.5 Å². The van der Waals surface area contributed by atoms with E-state index >= 15 is 0 Å². The second kappa shape index (κ2) is 6.57. The van der Waals surface area contributed by atoms with Gasteiger partial charge < -0.3 is 20.5 Å². The second-order valence-electron chi connectivity index (χ2n) is 4.26. The van der Waals surface area contributed by atoms with E-state index in [2.05, 4.69) is 10.3 Å². The van der Waals surface area contributed by atoms with Gasteiger partial charge in [0.2, 0.25) is 0 Å². The molecule has 0 aliphatic heterocycles. The maximum Gasteiger partial charge on any atom is 0.274 e. The number of anilines is 1. The minimum absolute atomic E-state index is 0.0136. The van der Waals surface area contributed by atoms with Crippen LogP contribution in [0.3, 0.4) is 0 Å². The first kappa shape index (κ1) is 15.3. The Morgan fingerprint density at radius 3 is 2.09 bits per heavy atom. The number of methoxy groups -OCH3 is 2. The van der Waals surface area contributed by atoms with E-state index in [1.54, 1.807) is 18.2 Å². The summed E-state index contributed by atoms with van der Waals surface area (Å²) in [6.45, 7) is 0. The third kappa shape index (κ3) is 3.14. The Bertz CT molecular complexity index is 693. The van der Waals surface area contributed by atoms with Gasteiger partial charge in [-0.3, -0.25) is 9.59 Å². The lowest BCUT2D eigenvalue weighted by Gasteiger charge is -2.13. The molecule has 2 rings (SSSR count). The first-order valence-corrected chi connectivity index (χ1v) is 6.36. The minimum atomic E-state index is -0.704. The number of benzene rings is 1. The Labute approximate surface area is 127 Å². The minimum Gasteiger partial charge on any atom is -0.494 e. The van der Waals surface area contributed by atoms with E-state index in [-0.39, 0.29) is 11.4 Å². The van der Waals surface area contributed by atoms with Crippen molar-refractivity contribution >= 4 is 17.5 Å². The number of pyridine rings is 1. The largest absolute Gasteiger partial charge is 0.494 e. The predicted octanol–water partition coefficient (Wildman–Crippen LogP) is 1.45. The molecule has 0 spiro atoms. The number of hydrogen-bond acceptors (Lipinski definition) is 5. The van der Waals surface area contributed by atoms with Crippen molar-refractivity contribution in [3.63, 3.8) is 0 Å². The summed E-state index contributed by atoms with van der Waals surface area (Å²) in [6.07, 6.45) is 0. The number of para-hydroxylation sites is 1. The highest BCUT2D eigenvalue weighted by molar-refractivity contribution is 6.05. The summed E-state index contributed by atoms with van der Waals surface area (Å²) >= 11 is 0. The van der Waals surface area contributed by atoms with Crippen LogP contribution < -0.4 is 20.5 Å². The molecule has 0 atom stereocenters. The van der Waals surface area contributed by atoms with Gasteiger partial charge >= 0.3 is 0 Å². The van der Waals surface area contributed by atoms with E-state index in [1.165, 1.54) is 32.4 Å². The van der Waals surface area contributed by atoms with Crippen LogP contribution in [0.1, 0.15) is 21.0 Å². The molecule has 0 unspecified atom stereocenters. The molecule has 2 aromatic rings. The lowest BCUT2D eigenvalue weighted by Crippen LogP contribution is -2.19. The van der Waals surface area contributed by atoms with Gasteiger partial charge in [-0.2, -0.15) is 0 Å². The quantitative estimate of drug-likeness (QED) is 0.870.